The lowest BCUT2D eigenvalue weighted by Gasteiger charge is -2.36. The Bertz CT molecular complexity index is 754. The molecule has 28 heavy (non-hydrogen) atoms. The van der Waals surface area contributed by atoms with Crippen LogP contribution in [0.3, 0.4) is 0 Å². The van der Waals surface area contributed by atoms with Crippen LogP contribution in [0.5, 0.6) is 0 Å². The second-order valence-electron chi connectivity index (χ2n) is 7.69. The van der Waals surface area contributed by atoms with E-state index in [-0.39, 0.29) is 12.5 Å². The van der Waals surface area contributed by atoms with Gasteiger partial charge in [-0.25, -0.2) is 4.98 Å². The lowest BCUT2D eigenvalue weighted by Crippen LogP contribution is -2.59. The van der Waals surface area contributed by atoms with Crippen molar-refractivity contribution in [2.75, 3.05) is 11.9 Å². The Morgan fingerprint density at radius 2 is 1.75 bits per heavy atom. The molecule has 0 aromatic carbocycles. The van der Waals surface area contributed by atoms with Crippen molar-refractivity contribution >= 4 is 28.3 Å². The van der Waals surface area contributed by atoms with Crippen LogP contribution < -0.4 is 10.6 Å². The molecule has 0 aliphatic carbocycles. The summed E-state index contributed by atoms with van der Waals surface area (Å²) >= 11 is 1.29. The largest absolute Gasteiger partial charge is 0.345 e. The summed E-state index contributed by atoms with van der Waals surface area (Å²) in [5, 5.41) is 7.38. The highest BCUT2D eigenvalue weighted by atomic mass is 32.1. The van der Waals surface area contributed by atoms with Gasteiger partial charge in [-0.15, -0.1) is 11.3 Å². The molecule has 3 fully saturated rings. The summed E-state index contributed by atoms with van der Waals surface area (Å²) in [5.41, 5.74) is 0. The van der Waals surface area contributed by atoms with Gasteiger partial charge in [0, 0.05) is 11.6 Å². The number of amides is 2. The van der Waals surface area contributed by atoms with E-state index in [2.05, 4.69) is 15.6 Å². The Morgan fingerprint density at radius 3 is 2.46 bits per heavy atom. The third-order valence-corrected chi connectivity index (χ3v) is 5.20. The van der Waals surface area contributed by atoms with Gasteiger partial charge in [-0.3, -0.25) is 9.59 Å². The van der Waals surface area contributed by atoms with E-state index in [1.807, 2.05) is 0 Å². The van der Waals surface area contributed by atoms with Gasteiger partial charge < -0.3 is 34.3 Å². The van der Waals surface area contributed by atoms with Gasteiger partial charge in [-0.1, -0.05) is 0 Å². The highest BCUT2D eigenvalue weighted by Gasteiger charge is 2.62. The number of aromatic nitrogens is 1. The third kappa shape index (κ3) is 3.91. The minimum Gasteiger partial charge on any atom is -0.345 e. The average Bonchev–Trinajstić information content (AvgIpc) is 3.27. The number of nitrogens with zero attached hydrogens (tertiary/aromatic N) is 1. The lowest BCUT2D eigenvalue weighted by atomic mass is 9.98. The van der Waals surface area contributed by atoms with Gasteiger partial charge in [0.05, 0.1) is 6.54 Å². The Balaban J connectivity index is 1.42. The number of carbonyl (C=O) groups excluding carboxylic acids is 2. The van der Waals surface area contributed by atoms with E-state index >= 15 is 0 Å². The number of hydrogen-bond donors (Lipinski definition) is 2. The molecular formula is C17H23N3O7S. The first-order chi connectivity index (χ1) is 13.1. The molecule has 154 valence electrons. The van der Waals surface area contributed by atoms with Gasteiger partial charge in [-0.2, -0.15) is 0 Å². The molecule has 2 amide bonds. The fraction of sp³-hybridized carbons (Fsp3) is 0.706. The fourth-order valence-corrected chi connectivity index (χ4v) is 4.09. The molecule has 3 aliphatic heterocycles. The molecule has 1 aromatic rings. The highest BCUT2D eigenvalue weighted by molar-refractivity contribution is 7.13. The van der Waals surface area contributed by atoms with Crippen LogP contribution in [0.1, 0.15) is 27.7 Å². The van der Waals surface area contributed by atoms with Crippen LogP contribution in [0.25, 0.3) is 0 Å². The molecule has 11 heteroatoms. The maximum Gasteiger partial charge on any atom is 0.252 e. The van der Waals surface area contributed by atoms with Crippen LogP contribution in [-0.4, -0.2) is 65.6 Å². The summed E-state index contributed by atoms with van der Waals surface area (Å²) < 4.78 is 29.4. The minimum absolute atomic E-state index is 0.225. The molecule has 10 nitrogen and oxygen atoms in total. The van der Waals surface area contributed by atoms with Crippen molar-refractivity contribution in [3.63, 3.8) is 0 Å². The minimum atomic E-state index is -1.00. The first-order valence-corrected chi connectivity index (χ1v) is 9.85. The summed E-state index contributed by atoms with van der Waals surface area (Å²) in [4.78, 5) is 28.7. The Kier molecular flexibility index (Phi) is 4.92. The third-order valence-electron chi connectivity index (χ3n) is 4.51. The van der Waals surface area contributed by atoms with E-state index in [1.54, 1.807) is 39.3 Å². The first-order valence-electron chi connectivity index (χ1n) is 8.97. The molecule has 5 atom stereocenters. The van der Waals surface area contributed by atoms with Crippen molar-refractivity contribution in [2.24, 2.45) is 0 Å². The Hall–Kier alpha value is -1.63. The van der Waals surface area contributed by atoms with Crippen molar-refractivity contribution in [2.45, 2.75) is 70.0 Å². The number of hydrogen-bond acceptors (Lipinski definition) is 9. The molecule has 1 aromatic heterocycles. The predicted molar refractivity (Wildman–Crippen MR) is 96.3 cm³/mol. The van der Waals surface area contributed by atoms with Crippen LogP contribution in [0.4, 0.5) is 5.13 Å². The van der Waals surface area contributed by atoms with Gasteiger partial charge >= 0.3 is 0 Å². The summed E-state index contributed by atoms with van der Waals surface area (Å²) in [7, 11) is 0. The van der Waals surface area contributed by atoms with Gasteiger partial charge in [0.2, 0.25) is 5.91 Å². The molecule has 0 radical (unpaired) electrons. The zero-order valence-electron chi connectivity index (χ0n) is 16.0. The summed E-state index contributed by atoms with van der Waals surface area (Å²) in [5.74, 6) is -2.64. The van der Waals surface area contributed by atoms with Gasteiger partial charge in [0.25, 0.3) is 5.91 Å². The second-order valence-corrected chi connectivity index (χ2v) is 8.59. The molecule has 3 saturated heterocycles. The number of anilines is 1. The van der Waals surface area contributed by atoms with Crippen molar-refractivity contribution < 1.29 is 33.3 Å². The van der Waals surface area contributed by atoms with E-state index in [1.165, 1.54) is 11.3 Å². The molecule has 4 heterocycles. The molecule has 0 spiro atoms. The Labute approximate surface area is 165 Å². The van der Waals surface area contributed by atoms with E-state index in [0.29, 0.717) is 5.13 Å². The van der Waals surface area contributed by atoms with Gasteiger partial charge in [0.1, 0.15) is 18.3 Å². The first kappa shape index (κ1) is 19.7. The zero-order chi connectivity index (χ0) is 20.1. The second kappa shape index (κ2) is 7.01. The summed E-state index contributed by atoms with van der Waals surface area (Å²) in [6.07, 6.45) is -1.92. The maximum atomic E-state index is 12.7. The van der Waals surface area contributed by atoms with Crippen LogP contribution in [0, 0.1) is 0 Å². The fourth-order valence-electron chi connectivity index (χ4n) is 3.54. The number of rotatable bonds is 4. The van der Waals surface area contributed by atoms with Crippen LogP contribution in [0.15, 0.2) is 11.6 Å². The quantitative estimate of drug-likeness (QED) is 0.737. The molecule has 0 saturated carbocycles. The number of thiazole rings is 1. The smallest absolute Gasteiger partial charge is 0.252 e. The highest BCUT2D eigenvalue weighted by Crippen LogP contribution is 2.44. The zero-order valence-corrected chi connectivity index (χ0v) is 16.8. The van der Waals surface area contributed by atoms with E-state index in [0.717, 1.165) is 0 Å². The monoisotopic (exact) mass is 413 g/mol. The molecule has 0 bridgehead atoms. The number of nitrogens with one attached hydrogen (secondary N) is 2. The van der Waals surface area contributed by atoms with Crippen molar-refractivity contribution in [3.05, 3.63) is 11.6 Å². The summed E-state index contributed by atoms with van der Waals surface area (Å²) in [6, 6.07) is 0. The standard InChI is InChI=1S/C17H23N3O7S/c1-16(2)24-9-10(25-16)12-14(27-17(3,4)26-12)23-11(9)13(22)19-7-8(21)20-15-18-5-6-28-15/h5-6,9-12,14H,7H2,1-4H3,(H,19,22)(H,18,20,21)/t9-,10+,11+,12-,14-/m1/s1. The normalized spacial score (nSPS) is 35.1. The van der Waals surface area contributed by atoms with Crippen molar-refractivity contribution in [1.29, 1.82) is 0 Å². The van der Waals surface area contributed by atoms with Gasteiger partial charge in [0.15, 0.2) is 29.1 Å². The number of fused-ring (bicyclic) bond motifs is 3. The number of ether oxygens (including phenoxy) is 5. The number of carbonyl (C=O) groups is 2. The SMILES string of the molecule is CC1(C)O[C@H]2[C@@H](O1)[C@@H](C(=O)NCC(=O)Nc1nccs1)O[C@@H]1OC(C)(C)O[C@@H]12. The van der Waals surface area contributed by atoms with Crippen LogP contribution in [0.2, 0.25) is 0 Å². The molecule has 3 aliphatic rings. The van der Waals surface area contributed by atoms with Crippen molar-refractivity contribution in [3.8, 4) is 0 Å². The molecule has 0 unspecified atom stereocenters. The topological polar surface area (TPSA) is 117 Å². The van der Waals surface area contributed by atoms with E-state index in [9.17, 15) is 9.59 Å². The Morgan fingerprint density at radius 1 is 1.07 bits per heavy atom. The maximum absolute atomic E-state index is 12.7. The van der Waals surface area contributed by atoms with Gasteiger partial charge in [-0.05, 0) is 27.7 Å². The lowest BCUT2D eigenvalue weighted by molar-refractivity contribution is -0.231. The summed E-state index contributed by atoms with van der Waals surface area (Å²) in [6.45, 7) is 6.83. The van der Waals surface area contributed by atoms with E-state index in [4.69, 9.17) is 23.7 Å². The predicted octanol–water partition coefficient (Wildman–Crippen LogP) is 0.594. The molecule has 2 N–H and O–H groups in total. The van der Waals surface area contributed by atoms with Crippen LogP contribution >= 0.6 is 11.3 Å². The average molecular weight is 413 g/mol. The van der Waals surface area contributed by atoms with Crippen LogP contribution in [-0.2, 0) is 33.3 Å². The molecular weight excluding hydrogens is 390 g/mol. The molecule has 4 rings (SSSR count). The van der Waals surface area contributed by atoms with E-state index < -0.39 is 48.2 Å². The van der Waals surface area contributed by atoms with Crippen molar-refractivity contribution in [1.82, 2.24) is 10.3 Å².